The summed E-state index contributed by atoms with van der Waals surface area (Å²) in [5, 5.41) is 0. The zero-order valence-corrected chi connectivity index (χ0v) is 21.0. The van der Waals surface area contributed by atoms with Gasteiger partial charge in [0.2, 0.25) is 0 Å². The van der Waals surface area contributed by atoms with Crippen LogP contribution < -0.4 is 4.90 Å². The SMILES string of the molecule is CC1CN(c2cnc3cc(C(=O)N(C)C)cc(C4CCCN4C(=O)OC(C)(C)C)c3n2)CCO1. The summed E-state index contributed by atoms with van der Waals surface area (Å²) in [6.45, 7) is 10.3. The number of hydrogen-bond acceptors (Lipinski definition) is 7. The van der Waals surface area contributed by atoms with Crippen LogP contribution >= 0.6 is 0 Å². The highest BCUT2D eigenvalue weighted by Gasteiger charge is 2.35. The van der Waals surface area contributed by atoms with Crippen molar-refractivity contribution in [3.8, 4) is 0 Å². The molecule has 2 fully saturated rings. The van der Waals surface area contributed by atoms with Crippen molar-refractivity contribution in [3.63, 3.8) is 0 Å². The van der Waals surface area contributed by atoms with E-state index in [1.165, 1.54) is 0 Å². The molecule has 184 valence electrons. The van der Waals surface area contributed by atoms with Gasteiger partial charge in [0.25, 0.3) is 5.91 Å². The van der Waals surface area contributed by atoms with E-state index in [1.54, 1.807) is 36.2 Å². The van der Waals surface area contributed by atoms with E-state index in [-0.39, 0.29) is 24.1 Å². The van der Waals surface area contributed by atoms with Gasteiger partial charge in [-0.2, -0.15) is 0 Å². The van der Waals surface area contributed by atoms with E-state index in [2.05, 4.69) is 4.90 Å². The minimum Gasteiger partial charge on any atom is -0.444 e. The van der Waals surface area contributed by atoms with E-state index in [4.69, 9.17) is 19.4 Å². The van der Waals surface area contributed by atoms with Crippen molar-refractivity contribution in [3.05, 3.63) is 29.5 Å². The second-order valence-electron chi connectivity index (χ2n) is 10.3. The molecule has 0 aliphatic carbocycles. The number of nitrogens with zero attached hydrogens (tertiary/aromatic N) is 5. The van der Waals surface area contributed by atoms with Crippen molar-refractivity contribution in [1.82, 2.24) is 19.8 Å². The quantitative estimate of drug-likeness (QED) is 0.678. The Hall–Kier alpha value is -2.94. The molecule has 9 heteroatoms. The van der Waals surface area contributed by atoms with Crippen molar-refractivity contribution in [2.45, 2.75) is 58.3 Å². The van der Waals surface area contributed by atoms with E-state index in [1.807, 2.05) is 33.8 Å². The fourth-order valence-electron chi connectivity index (χ4n) is 4.58. The van der Waals surface area contributed by atoms with Crippen LogP contribution in [0.3, 0.4) is 0 Å². The fraction of sp³-hybridized carbons (Fsp3) is 0.600. The lowest BCUT2D eigenvalue weighted by atomic mass is 9.99. The minimum absolute atomic E-state index is 0.113. The van der Waals surface area contributed by atoms with Gasteiger partial charge >= 0.3 is 6.09 Å². The Morgan fingerprint density at radius 3 is 2.65 bits per heavy atom. The maximum Gasteiger partial charge on any atom is 0.410 e. The van der Waals surface area contributed by atoms with E-state index in [0.717, 1.165) is 37.3 Å². The Labute approximate surface area is 201 Å². The van der Waals surface area contributed by atoms with Gasteiger partial charge in [0.15, 0.2) is 0 Å². The van der Waals surface area contributed by atoms with Gasteiger partial charge in [-0.3, -0.25) is 9.78 Å². The van der Waals surface area contributed by atoms with Crippen LogP contribution in [0, 0.1) is 0 Å². The first-order valence-electron chi connectivity index (χ1n) is 11.9. The second-order valence-corrected chi connectivity index (χ2v) is 10.3. The van der Waals surface area contributed by atoms with Crippen molar-refractivity contribution >= 4 is 28.9 Å². The summed E-state index contributed by atoms with van der Waals surface area (Å²) in [6.07, 6.45) is 3.15. The van der Waals surface area contributed by atoms with Crippen LogP contribution in [0.15, 0.2) is 18.3 Å². The van der Waals surface area contributed by atoms with Gasteiger partial charge in [-0.25, -0.2) is 9.78 Å². The molecule has 2 saturated heterocycles. The Bertz CT molecular complexity index is 1080. The Balaban J connectivity index is 1.80. The normalized spacial score (nSPS) is 21.1. The number of benzene rings is 1. The van der Waals surface area contributed by atoms with Gasteiger partial charge in [-0.05, 0) is 52.7 Å². The lowest BCUT2D eigenvalue weighted by Gasteiger charge is -2.32. The van der Waals surface area contributed by atoms with Crippen LogP contribution in [-0.4, -0.2) is 83.8 Å². The molecular formula is C25H35N5O4. The zero-order valence-electron chi connectivity index (χ0n) is 21.0. The number of ether oxygens (including phenoxy) is 2. The van der Waals surface area contributed by atoms with Crippen LogP contribution in [0.25, 0.3) is 11.0 Å². The average molecular weight is 470 g/mol. The highest BCUT2D eigenvalue weighted by Crippen LogP contribution is 2.37. The summed E-state index contributed by atoms with van der Waals surface area (Å²) >= 11 is 0. The molecule has 0 spiro atoms. The number of carbonyl (C=O) groups excluding carboxylic acids is 2. The number of amides is 2. The molecule has 0 saturated carbocycles. The Morgan fingerprint density at radius 2 is 1.97 bits per heavy atom. The Morgan fingerprint density at radius 1 is 1.21 bits per heavy atom. The third-order valence-corrected chi connectivity index (χ3v) is 6.12. The van der Waals surface area contributed by atoms with E-state index in [0.29, 0.717) is 29.7 Å². The maximum atomic E-state index is 13.0. The number of likely N-dealkylation sites (tertiary alicyclic amines) is 1. The van der Waals surface area contributed by atoms with Gasteiger partial charge in [0.05, 0.1) is 36.0 Å². The van der Waals surface area contributed by atoms with Crippen molar-refractivity contribution in [2.24, 2.45) is 0 Å². The molecule has 0 radical (unpaired) electrons. The maximum absolute atomic E-state index is 13.0. The monoisotopic (exact) mass is 469 g/mol. The first-order valence-corrected chi connectivity index (χ1v) is 11.9. The van der Waals surface area contributed by atoms with E-state index < -0.39 is 5.60 Å². The predicted molar refractivity (Wildman–Crippen MR) is 130 cm³/mol. The van der Waals surface area contributed by atoms with Gasteiger partial charge in [0, 0.05) is 44.9 Å². The third-order valence-electron chi connectivity index (χ3n) is 6.12. The minimum atomic E-state index is -0.588. The number of morpholine rings is 1. The molecule has 2 atom stereocenters. The van der Waals surface area contributed by atoms with Crippen LogP contribution in [0.1, 0.15) is 62.5 Å². The first kappa shape index (κ1) is 24.2. The van der Waals surface area contributed by atoms with Gasteiger partial charge in [-0.15, -0.1) is 0 Å². The molecular weight excluding hydrogens is 434 g/mol. The van der Waals surface area contributed by atoms with E-state index in [9.17, 15) is 9.59 Å². The summed E-state index contributed by atoms with van der Waals surface area (Å²) < 4.78 is 11.4. The highest BCUT2D eigenvalue weighted by atomic mass is 16.6. The molecule has 0 N–H and O–H groups in total. The van der Waals surface area contributed by atoms with Crippen LogP contribution in [0.2, 0.25) is 0 Å². The largest absolute Gasteiger partial charge is 0.444 e. The van der Waals surface area contributed by atoms with Crippen molar-refractivity contribution in [2.75, 3.05) is 45.2 Å². The molecule has 1 aromatic heterocycles. The molecule has 2 aromatic rings. The van der Waals surface area contributed by atoms with Crippen LogP contribution in [0.4, 0.5) is 10.6 Å². The van der Waals surface area contributed by atoms with Crippen molar-refractivity contribution in [1.29, 1.82) is 0 Å². The van der Waals surface area contributed by atoms with Gasteiger partial charge < -0.3 is 24.2 Å². The highest BCUT2D eigenvalue weighted by molar-refractivity contribution is 5.98. The summed E-state index contributed by atoms with van der Waals surface area (Å²) in [4.78, 5) is 41.1. The fourth-order valence-corrected chi connectivity index (χ4v) is 4.58. The van der Waals surface area contributed by atoms with Crippen LogP contribution in [0.5, 0.6) is 0 Å². The number of rotatable bonds is 3. The molecule has 2 unspecified atom stereocenters. The van der Waals surface area contributed by atoms with Gasteiger partial charge in [-0.1, -0.05) is 0 Å². The topological polar surface area (TPSA) is 88.1 Å². The number of fused-ring (bicyclic) bond motifs is 1. The molecule has 34 heavy (non-hydrogen) atoms. The lowest BCUT2D eigenvalue weighted by molar-refractivity contribution is 0.0225. The average Bonchev–Trinajstić information content (AvgIpc) is 3.26. The summed E-state index contributed by atoms with van der Waals surface area (Å²) in [5.74, 6) is 0.662. The molecule has 2 aliphatic heterocycles. The summed E-state index contributed by atoms with van der Waals surface area (Å²) in [6, 6.07) is 3.42. The molecule has 0 bridgehead atoms. The summed E-state index contributed by atoms with van der Waals surface area (Å²) in [5.41, 5.74) is 2.14. The lowest BCUT2D eigenvalue weighted by Crippen LogP contribution is -2.41. The predicted octanol–water partition coefficient (Wildman–Crippen LogP) is 3.63. The second kappa shape index (κ2) is 9.37. The Kier molecular flexibility index (Phi) is 6.66. The standard InChI is InChI=1S/C25H35N5O4/c1-16-15-29(10-11-33-16)21-14-26-19-13-17(23(31)28(5)6)12-18(22(19)27-21)20-8-7-9-30(20)24(32)34-25(2,3)4/h12-14,16,20H,7-11,15H2,1-6H3. The number of aromatic nitrogens is 2. The molecule has 3 heterocycles. The number of anilines is 1. The molecule has 1 aromatic carbocycles. The van der Waals surface area contributed by atoms with Crippen molar-refractivity contribution < 1.29 is 19.1 Å². The molecule has 9 nitrogen and oxygen atoms in total. The third kappa shape index (κ3) is 5.09. The summed E-state index contributed by atoms with van der Waals surface area (Å²) in [7, 11) is 3.45. The first-order chi connectivity index (χ1) is 16.0. The molecule has 2 aliphatic rings. The van der Waals surface area contributed by atoms with Gasteiger partial charge in [0.1, 0.15) is 11.4 Å². The molecule has 4 rings (SSSR count). The van der Waals surface area contributed by atoms with E-state index >= 15 is 0 Å². The molecule has 2 amide bonds. The zero-order chi connectivity index (χ0) is 24.6. The van der Waals surface area contributed by atoms with Crippen LogP contribution in [-0.2, 0) is 9.47 Å². The number of hydrogen-bond donors (Lipinski definition) is 0. The number of carbonyl (C=O) groups is 2. The smallest absolute Gasteiger partial charge is 0.410 e.